The van der Waals surface area contributed by atoms with E-state index in [1.54, 1.807) is 0 Å². The van der Waals surface area contributed by atoms with Gasteiger partial charge >= 0.3 is 2.85 Å². The van der Waals surface area contributed by atoms with Crippen LogP contribution in [0.15, 0.2) is 0 Å². The number of nitrogens with two attached hydrogens (primary N) is 1. The van der Waals surface area contributed by atoms with Crippen LogP contribution in [0.2, 0.25) is 0 Å². The van der Waals surface area contributed by atoms with Gasteiger partial charge in [0.15, 0.2) is 12.2 Å². The highest BCUT2D eigenvalue weighted by Crippen LogP contribution is 1.37. The highest BCUT2D eigenvalue weighted by atomic mass is 32.1. The highest BCUT2D eigenvalue weighted by molar-refractivity contribution is 7.37. The lowest BCUT2D eigenvalue weighted by Gasteiger charge is -2.00. The molecule has 0 saturated heterocycles. The molecule has 0 unspecified atom stereocenters. The quantitative estimate of drug-likeness (QED) is 0.168. The first-order chi connectivity index (χ1) is 2.77. The van der Waals surface area contributed by atoms with Gasteiger partial charge in [0.05, 0.1) is 0 Å². The van der Waals surface area contributed by atoms with Gasteiger partial charge in [0.1, 0.15) is 0 Å². The standard InChI is InChI=1S/C2H4N4.S/c3-1-6-2(4)5;/h(H4,4,5,6);/q;-2/p+2. The van der Waals surface area contributed by atoms with Gasteiger partial charge in [-0.25, -0.2) is 0 Å². The van der Waals surface area contributed by atoms with Gasteiger partial charge in [-0.15, -0.1) is 0 Å². The Labute approximate surface area is 51.2 Å². The zero-order valence-corrected chi connectivity index (χ0v) is 4.25. The molecule has 4 N–H and O–H groups in total. The summed E-state index contributed by atoms with van der Waals surface area (Å²) in [5.41, 5.74) is 4.65. The molecule has 5 heteroatoms. The second-order valence-electron chi connectivity index (χ2n) is 0.650. The lowest BCUT2D eigenvalue weighted by Crippen LogP contribution is -2.25. The van der Waals surface area contributed by atoms with Crippen molar-refractivity contribution in [1.29, 1.82) is 10.7 Å². The molecule has 0 saturated carbocycles. The van der Waals surface area contributed by atoms with E-state index in [-0.39, 0.29) is 22.3 Å². The molecule has 0 radical (unpaired) electrons. The van der Waals surface area contributed by atoms with Gasteiger partial charge in [0.2, 0.25) is 0 Å². The summed E-state index contributed by atoms with van der Waals surface area (Å²) in [6, 6.07) is 0. The average Bonchev–Trinajstić information content (AvgIpc) is 1.35. The van der Waals surface area contributed by atoms with Crippen molar-refractivity contribution in [1.82, 2.24) is 5.32 Å². The first-order valence-electron chi connectivity index (χ1n) is 1.26. The third-order valence-electron chi connectivity index (χ3n) is 0.191. The largest absolute Gasteiger partial charge is 2.00 e. The van der Waals surface area contributed by atoms with Crippen molar-refractivity contribution in [3.8, 4) is 6.19 Å². The summed E-state index contributed by atoms with van der Waals surface area (Å²) < 4.78 is 0. The maximum absolute atomic E-state index is 7.65. The Morgan fingerprint density at radius 3 is 2.43 bits per heavy atom. The van der Waals surface area contributed by atoms with Crippen molar-refractivity contribution < 1.29 is 2.85 Å². The van der Waals surface area contributed by atoms with Crippen LogP contribution in [0.4, 0.5) is 0 Å². The monoisotopic (exact) mass is 118 g/mol. The van der Waals surface area contributed by atoms with Crippen molar-refractivity contribution in [2.75, 3.05) is 0 Å². The van der Waals surface area contributed by atoms with E-state index in [2.05, 4.69) is 5.73 Å². The number of nitriles is 1. The Hall–Kier alpha value is -0.890. The number of rotatable bonds is 0. The fourth-order valence-corrected chi connectivity index (χ4v) is 0.0602. The Morgan fingerprint density at radius 2 is 2.43 bits per heavy atom. The minimum absolute atomic E-state index is 0. The Bertz CT molecular complexity index is 99.2. The summed E-state index contributed by atoms with van der Waals surface area (Å²) >= 11 is 0. The van der Waals surface area contributed by atoms with E-state index in [1.165, 1.54) is 6.19 Å². The van der Waals surface area contributed by atoms with Gasteiger partial charge in [-0.1, -0.05) is 0 Å². The third kappa shape index (κ3) is 11.1. The van der Waals surface area contributed by atoms with Crippen LogP contribution in [0.3, 0.4) is 0 Å². The Kier molecular flexibility index (Phi) is 6.89. The molecule has 0 aromatic carbocycles. The molecule has 0 atom stereocenters. The van der Waals surface area contributed by atoms with Crippen LogP contribution < -0.4 is 11.1 Å². The fraction of sp³-hybridized carbons (Fsp3) is 0. The van der Waals surface area contributed by atoms with Crippen molar-refractivity contribution in [2.24, 2.45) is 5.73 Å². The third-order valence-corrected chi connectivity index (χ3v) is 0.191. The maximum atomic E-state index is 7.65. The molecule has 4 nitrogen and oxygen atoms in total. The molecule has 0 aromatic rings. The highest BCUT2D eigenvalue weighted by Gasteiger charge is 1.73. The first-order valence-corrected chi connectivity index (χ1v) is 1.26. The molecule has 0 aliphatic rings. The van der Waals surface area contributed by atoms with Crippen LogP contribution in [0.5, 0.6) is 0 Å². The first kappa shape index (κ1) is 9.44. The number of hydrogen-bond acceptors (Lipinski definition) is 2. The zero-order valence-electron chi connectivity index (χ0n) is 5.43. The Balaban J connectivity index is -0.0000000417. The molecule has 0 heterocycles. The molecule has 0 rings (SSSR count). The summed E-state index contributed by atoms with van der Waals surface area (Å²) in [7, 11) is 0. The van der Waals surface area contributed by atoms with Crippen molar-refractivity contribution >= 4 is 19.5 Å². The van der Waals surface area contributed by atoms with E-state index in [9.17, 15) is 0 Å². The van der Waals surface area contributed by atoms with Crippen LogP contribution in [0.1, 0.15) is 2.85 Å². The van der Waals surface area contributed by atoms with Gasteiger partial charge in [0.25, 0.3) is 0 Å². The molecule has 0 spiro atoms. The van der Waals surface area contributed by atoms with Crippen molar-refractivity contribution in [2.45, 2.75) is 0 Å². The van der Waals surface area contributed by atoms with Crippen molar-refractivity contribution in [3.63, 3.8) is 0 Å². The molecule has 0 aliphatic heterocycles. The zero-order chi connectivity index (χ0) is 4.99. The molecular formula is C2H6N4S. The summed E-state index contributed by atoms with van der Waals surface area (Å²) in [6.45, 7) is 0. The minimum Gasteiger partial charge on any atom is -2.00 e. The number of nitrogens with one attached hydrogen (secondary N) is 2. The fourth-order valence-electron chi connectivity index (χ4n) is 0.0602. The maximum Gasteiger partial charge on any atom is 1.00 e. The van der Waals surface area contributed by atoms with Gasteiger partial charge < -0.3 is 19.2 Å². The number of hydrogen-bond donors (Lipinski definition) is 3. The van der Waals surface area contributed by atoms with Crippen LogP contribution in [-0.4, -0.2) is 5.96 Å². The predicted octanol–water partition coefficient (Wildman–Crippen LogP) is -0.827. The van der Waals surface area contributed by atoms with Crippen LogP contribution in [0, 0.1) is 16.9 Å². The van der Waals surface area contributed by atoms with Gasteiger partial charge in [-0.2, -0.15) is 5.26 Å². The summed E-state index contributed by atoms with van der Waals surface area (Å²) in [6.07, 6.45) is 1.47. The van der Waals surface area contributed by atoms with Crippen LogP contribution in [0.25, 0.3) is 0 Å². The second-order valence-corrected chi connectivity index (χ2v) is 0.650. The van der Waals surface area contributed by atoms with Gasteiger partial charge in [-0.3, -0.25) is 10.7 Å². The normalized spacial score (nSPS) is 5.00. The number of nitrogens with zero attached hydrogens (tertiary/aromatic N) is 1. The molecule has 0 fully saturated rings. The Morgan fingerprint density at radius 1 is 2.00 bits per heavy atom. The molecule has 0 aromatic heterocycles. The van der Waals surface area contributed by atoms with E-state index >= 15 is 0 Å². The average molecular weight is 118 g/mol. The minimum atomic E-state index is -0.322. The lowest BCUT2D eigenvalue weighted by atomic mass is 11.0. The van der Waals surface area contributed by atoms with Crippen LogP contribution in [-0.2, 0) is 13.5 Å². The SMILES string of the molecule is N#CNC(=N)N.[H+].[H+].[S-2]. The number of guanidine groups is 1. The molecule has 7 heavy (non-hydrogen) atoms. The smallest absolute Gasteiger partial charge is 1.00 e. The van der Waals surface area contributed by atoms with E-state index in [0.717, 1.165) is 0 Å². The van der Waals surface area contributed by atoms with E-state index in [1.807, 2.05) is 5.32 Å². The summed E-state index contributed by atoms with van der Waals surface area (Å²) in [4.78, 5) is 0. The predicted molar refractivity (Wildman–Crippen MR) is 30.3 cm³/mol. The molecule has 40 valence electrons. The summed E-state index contributed by atoms with van der Waals surface area (Å²) in [5, 5.41) is 15.9. The van der Waals surface area contributed by atoms with Gasteiger partial charge in [0, 0.05) is 0 Å². The van der Waals surface area contributed by atoms with Crippen LogP contribution >= 0.6 is 0 Å². The van der Waals surface area contributed by atoms with E-state index in [0.29, 0.717) is 0 Å². The molecular weight excluding hydrogens is 112 g/mol. The molecule has 0 amide bonds. The van der Waals surface area contributed by atoms with Gasteiger partial charge in [-0.05, 0) is 0 Å². The molecule has 0 aliphatic carbocycles. The van der Waals surface area contributed by atoms with E-state index < -0.39 is 0 Å². The van der Waals surface area contributed by atoms with E-state index in [4.69, 9.17) is 10.7 Å². The van der Waals surface area contributed by atoms with Crippen molar-refractivity contribution in [3.05, 3.63) is 0 Å². The second kappa shape index (κ2) is 5.11. The topological polar surface area (TPSA) is 85.7 Å². The lowest BCUT2D eigenvalue weighted by molar-refractivity contribution is 1.19. The molecule has 0 bridgehead atoms. The summed E-state index contributed by atoms with van der Waals surface area (Å²) in [5.74, 6) is -0.322.